The van der Waals surface area contributed by atoms with Gasteiger partial charge in [-0.25, -0.2) is 9.78 Å². The van der Waals surface area contributed by atoms with Crippen molar-refractivity contribution in [3.8, 4) is 0 Å². The third-order valence-corrected chi connectivity index (χ3v) is 1.77. The fourth-order valence-corrected chi connectivity index (χ4v) is 1.03. The van der Waals surface area contributed by atoms with E-state index in [9.17, 15) is 9.59 Å². The lowest BCUT2D eigenvalue weighted by atomic mass is 10.4. The molecule has 1 N–H and O–H groups in total. The van der Waals surface area contributed by atoms with Gasteiger partial charge in [-0.15, -0.1) is 6.58 Å². The Morgan fingerprint density at radius 3 is 3.13 bits per heavy atom. The second-order valence-electron chi connectivity index (χ2n) is 2.96. The number of nitrogens with one attached hydrogen (secondary N) is 1. The summed E-state index contributed by atoms with van der Waals surface area (Å²) in [5.74, 6) is -0.202. The Bertz CT molecular complexity index is 398. The molecule has 1 rings (SSSR count). The molecule has 0 aliphatic heterocycles. The van der Waals surface area contributed by atoms with E-state index in [1.165, 1.54) is 17.0 Å². The minimum Gasteiger partial charge on any atom is -0.354 e. The summed E-state index contributed by atoms with van der Waals surface area (Å²) in [6.07, 6.45) is 5.36. The van der Waals surface area contributed by atoms with Crippen LogP contribution in [-0.4, -0.2) is 22.0 Å². The number of amides is 1. The first-order valence-corrected chi connectivity index (χ1v) is 4.63. The normalized spacial score (nSPS) is 9.60. The van der Waals surface area contributed by atoms with Gasteiger partial charge in [0.15, 0.2) is 0 Å². The highest BCUT2D eigenvalue weighted by Gasteiger charge is 2.02. The lowest BCUT2D eigenvalue weighted by molar-refractivity contribution is -0.121. The van der Waals surface area contributed by atoms with Gasteiger partial charge in [0.05, 0.1) is 0 Å². The Labute approximate surface area is 87.5 Å². The SMILES string of the molecule is C=CCCNC(=O)Cn1cccnc1=O. The van der Waals surface area contributed by atoms with Crippen LogP contribution in [0.25, 0.3) is 0 Å². The van der Waals surface area contributed by atoms with Gasteiger partial charge in [0.2, 0.25) is 5.91 Å². The summed E-state index contributed by atoms with van der Waals surface area (Å²) >= 11 is 0. The van der Waals surface area contributed by atoms with E-state index in [-0.39, 0.29) is 12.5 Å². The molecule has 0 radical (unpaired) electrons. The average Bonchev–Trinajstić information content (AvgIpc) is 2.22. The molecule has 5 heteroatoms. The standard InChI is InChI=1S/C10H13N3O2/c1-2-3-5-11-9(14)8-13-7-4-6-12-10(13)15/h2,4,6-7H,1,3,5,8H2,(H,11,14). The Hall–Kier alpha value is -1.91. The van der Waals surface area contributed by atoms with Crippen molar-refractivity contribution in [1.82, 2.24) is 14.9 Å². The van der Waals surface area contributed by atoms with E-state index in [4.69, 9.17) is 0 Å². The number of aromatic nitrogens is 2. The molecule has 1 amide bonds. The highest BCUT2D eigenvalue weighted by atomic mass is 16.2. The number of carbonyl (C=O) groups excluding carboxylic acids is 1. The summed E-state index contributed by atoms with van der Waals surface area (Å²) in [5.41, 5.74) is -0.420. The van der Waals surface area contributed by atoms with E-state index >= 15 is 0 Å². The van der Waals surface area contributed by atoms with Crippen LogP contribution in [0.4, 0.5) is 0 Å². The van der Waals surface area contributed by atoms with Crippen LogP contribution in [0, 0.1) is 0 Å². The van der Waals surface area contributed by atoms with Crippen LogP contribution in [0.3, 0.4) is 0 Å². The van der Waals surface area contributed by atoms with E-state index < -0.39 is 5.69 Å². The first kappa shape index (κ1) is 11.2. The van der Waals surface area contributed by atoms with E-state index in [1.54, 1.807) is 12.1 Å². The molecule has 1 heterocycles. The van der Waals surface area contributed by atoms with E-state index in [0.717, 1.165) is 0 Å². The van der Waals surface area contributed by atoms with Crippen molar-refractivity contribution in [1.29, 1.82) is 0 Å². The molecule has 0 atom stereocenters. The predicted molar refractivity (Wildman–Crippen MR) is 56.3 cm³/mol. The highest BCUT2D eigenvalue weighted by molar-refractivity contribution is 5.75. The zero-order valence-corrected chi connectivity index (χ0v) is 8.35. The summed E-state index contributed by atoms with van der Waals surface area (Å²) in [6, 6.07) is 1.61. The Morgan fingerprint density at radius 2 is 2.47 bits per heavy atom. The maximum absolute atomic E-state index is 11.3. The molecule has 1 aromatic rings. The molecule has 0 aliphatic rings. The maximum Gasteiger partial charge on any atom is 0.347 e. The average molecular weight is 207 g/mol. The Morgan fingerprint density at radius 1 is 1.67 bits per heavy atom. The first-order chi connectivity index (χ1) is 7.24. The maximum atomic E-state index is 11.3. The molecule has 0 spiro atoms. The van der Waals surface area contributed by atoms with Gasteiger partial charge in [0.25, 0.3) is 0 Å². The molecule has 0 aromatic carbocycles. The fourth-order valence-electron chi connectivity index (χ4n) is 1.03. The van der Waals surface area contributed by atoms with Crippen LogP contribution in [0.5, 0.6) is 0 Å². The molecule has 80 valence electrons. The molecule has 1 aromatic heterocycles. The third-order valence-electron chi connectivity index (χ3n) is 1.77. The molecule has 0 bridgehead atoms. The van der Waals surface area contributed by atoms with E-state index in [1.807, 2.05) is 0 Å². The molecule has 0 saturated heterocycles. The quantitative estimate of drug-likeness (QED) is 0.543. The highest BCUT2D eigenvalue weighted by Crippen LogP contribution is 1.81. The number of carbonyl (C=O) groups is 1. The molecular formula is C10H13N3O2. The zero-order chi connectivity index (χ0) is 11.1. The van der Waals surface area contributed by atoms with Crippen molar-refractivity contribution in [2.24, 2.45) is 0 Å². The fraction of sp³-hybridized carbons (Fsp3) is 0.300. The molecule has 0 saturated carbocycles. The number of nitrogens with zero attached hydrogens (tertiary/aromatic N) is 2. The van der Waals surface area contributed by atoms with Crippen LogP contribution in [0.1, 0.15) is 6.42 Å². The van der Waals surface area contributed by atoms with Gasteiger partial charge in [-0.2, -0.15) is 0 Å². The monoisotopic (exact) mass is 207 g/mol. The number of rotatable bonds is 5. The minimum atomic E-state index is -0.420. The largest absolute Gasteiger partial charge is 0.354 e. The van der Waals surface area contributed by atoms with Crippen molar-refractivity contribution in [3.05, 3.63) is 41.6 Å². The molecule has 0 fully saturated rings. The lowest BCUT2D eigenvalue weighted by Gasteiger charge is -2.04. The predicted octanol–water partition coefficient (Wildman–Crippen LogP) is -0.0644. The van der Waals surface area contributed by atoms with Gasteiger partial charge in [0, 0.05) is 18.9 Å². The van der Waals surface area contributed by atoms with Crippen LogP contribution < -0.4 is 11.0 Å². The van der Waals surface area contributed by atoms with Crippen LogP contribution in [0.2, 0.25) is 0 Å². The van der Waals surface area contributed by atoms with Crippen LogP contribution in [-0.2, 0) is 11.3 Å². The zero-order valence-electron chi connectivity index (χ0n) is 8.35. The second kappa shape index (κ2) is 5.74. The van der Waals surface area contributed by atoms with Crippen molar-refractivity contribution in [2.75, 3.05) is 6.54 Å². The van der Waals surface area contributed by atoms with Gasteiger partial charge < -0.3 is 5.32 Å². The molecular weight excluding hydrogens is 194 g/mol. The van der Waals surface area contributed by atoms with Gasteiger partial charge in [-0.1, -0.05) is 6.08 Å². The van der Waals surface area contributed by atoms with E-state index in [2.05, 4.69) is 16.9 Å². The summed E-state index contributed by atoms with van der Waals surface area (Å²) in [4.78, 5) is 26.0. The minimum absolute atomic E-state index is 0.00379. The molecule has 15 heavy (non-hydrogen) atoms. The summed E-state index contributed by atoms with van der Waals surface area (Å²) in [6.45, 7) is 4.08. The van der Waals surface area contributed by atoms with Crippen molar-refractivity contribution in [2.45, 2.75) is 13.0 Å². The van der Waals surface area contributed by atoms with Crippen LogP contribution in [0.15, 0.2) is 35.9 Å². The summed E-state index contributed by atoms with van der Waals surface area (Å²) in [7, 11) is 0. The van der Waals surface area contributed by atoms with Crippen LogP contribution >= 0.6 is 0 Å². The smallest absolute Gasteiger partial charge is 0.347 e. The van der Waals surface area contributed by atoms with Crippen molar-refractivity contribution >= 4 is 5.91 Å². The number of hydrogen-bond acceptors (Lipinski definition) is 3. The first-order valence-electron chi connectivity index (χ1n) is 4.63. The van der Waals surface area contributed by atoms with Crippen molar-refractivity contribution in [3.63, 3.8) is 0 Å². The number of hydrogen-bond donors (Lipinski definition) is 1. The summed E-state index contributed by atoms with van der Waals surface area (Å²) < 4.78 is 1.25. The lowest BCUT2D eigenvalue weighted by Crippen LogP contribution is -2.33. The summed E-state index contributed by atoms with van der Waals surface area (Å²) in [5, 5.41) is 2.66. The Balaban J connectivity index is 2.48. The van der Waals surface area contributed by atoms with Gasteiger partial charge >= 0.3 is 5.69 Å². The molecule has 5 nitrogen and oxygen atoms in total. The van der Waals surface area contributed by atoms with Crippen molar-refractivity contribution < 1.29 is 4.79 Å². The topological polar surface area (TPSA) is 64.0 Å². The second-order valence-corrected chi connectivity index (χ2v) is 2.96. The van der Waals surface area contributed by atoms with Gasteiger partial charge in [-0.05, 0) is 12.5 Å². The Kier molecular flexibility index (Phi) is 4.28. The molecule has 0 unspecified atom stereocenters. The van der Waals surface area contributed by atoms with E-state index in [0.29, 0.717) is 13.0 Å². The van der Waals surface area contributed by atoms with Gasteiger partial charge in [-0.3, -0.25) is 9.36 Å². The van der Waals surface area contributed by atoms with Gasteiger partial charge in [0.1, 0.15) is 6.54 Å². The third kappa shape index (κ3) is 3.76. The molecule has 0 aliphatic carbocycles.